The quantitative estimate of drug-likeness (QED) is 0.890. The van der Waals surface area contributed by atoms with Crippen LogP contribution in [0.25, 0.3) is 0 Å². The van der Waals surface area contributed by atoms with Gasteiger partial charge in [-0.05, 0) is 50.6 Å². The highest BCUT2D eigenvalue weighted by Crippen LogP contribution is 2.26. The molecule has 1 aromatic carbocycles. The maximum Gasteiger partial charge on any atom is 0.245 e. The Morgan fingerprint density at radius 1 is 1.50 bits per heavy atom. The van der Waals surface area contributed by atoms with Crippen molar-refractivity contribution in [3.05, 3.63) is 28.5 Å². The van der Waals surface area contributed by atoms with Crippen LogP contribution in [0.3, 0.4) is 0 Å². The minimum Gasteiger partial charge on any atom is -0.319 e. The van der Waals surface area contributed by atoms with E-state index in [4.69, 9.17) is 0 Å². The molecule has 20 heavy (non-hydrogen) atoms. The van der Waals surface area contributed by atoms with E-state index in [1.807, 2.05) is 7.05 Å². The molecule has 1 aliphatic rings. The van der Waals surface area contributed by atoms with Crippen LogP contribution < -0.4 is 5.32 Å². The molecular formula is C13H18BrFN2O2S. The molecule has 7 heteroatoms. The normalized spacial score (nSPS) is 21.1. The topological polar surface area (TPSA) is 49.4 Å². The summed E-state index contributed by atoms with van der Waals surface area (Å²) < 4.78 is 40.9. The van der Waals surface area contributed by atoms with Crippen LogP contribution in [0.15, 0.2) is 27.6 Å². The van der Waals surface area contributed by atoms with E-state index in [0.717, 1.165) is 19.4 Å². The number of nitrogens with zero attached hydrogens (tertiary/aromatic N) is 1. The summed E-state index contributed by atoms with van der Waals surface area (Å²) in [5, 5.41) is 3.07. The predicted octanol–water partition coefficient (Wildman–Crippen LogP) is 2.21. The molecule has 112 valence electrons. The minimum absolute atomic E-state index is 0.245. The first-order valence-electron chi connectivity index (χ1n) is 6.55. The lowest BCUT2D eigenvalue weighted by Gasteiger charge is -2.31. The van der Waals surface area contributed by atoms with Crippen LogP contribution in [0, 0.1) is 11.7 Å². The van der Waals surface area contributed by atoms with Crippen LogP contribution >= 0.6 is 15.9 Å². The summed E-state index contributed by atoms with van der Waals surface area (Å²) in [7, 11) is -1.90. The summed E-state index contributed by atoms with van der Waals surface area (Å²) in [6, 6.07) is 4.04. The van der Waals surface area contributed by atoms with Gasteiger partial charge in [0, 0.05) is 17.6 Å². The number of hydrogen-bond donors (Lipinski definition) is 1. The third kappa shape index (κ3) is 3.39. The maximum absolute atomic E-state index is 13.9. The number of halogens is 2. The van der Waals surface area contributed by atoms with E-state index in [0.29, 0.717) is 17.6 Å². The predicted molar refractivity (Wildman–Crippen MR) is 79.5 cm³/mol. The second-order valence-corrected chi connectivity index (χ2v) is 7.83. The van der Waals surface area contributed by atoms with Crippen LogP contribution in [0.2, 0.25) is 0 Å². The monoisotopic (exact) mass is 364 g/mol. The van der Waals surface area contributed by atoms with Crippen molar-refractivity contribution in [1.82, 2.24) is 9.62 Å². The van der Waals surface area contributed by atoms with Crippen molar-refractivity contribution < 1.29 is 12.8 Å². The molecule has 0 bridgehead atoms. The maximum atomic E-state index is 13.9. The molecule has 1 saturated heterocycles. The molecular weight excluding hydrogens is 347 g/mol. The fourth-order valence-electron chi connectivity index (χ4n) is 2.52. The van der Waals surface area contributed by atoms with Crippen molar-refractivity contribution in [2.45, 2.75) is 17.7 Å². The van der Waals surface area contributed by atoms with Gasteiger partial charge in [0.15, 0.2) is 0 Å². The third-order valence-corrected chi connectivity index (χ3v) is 5.88. The Balaban J connectivity index is 2.25. The van der Waals surface area contributed by atoms with Gasteiger partial charge in [0.2, 0.25) is 10.0 Å². The molecule has 1 heterocycles. The molecule has 0 aliphatic carbocycles. The summed E-state index contributed by atoms with van der Waals surface area (Å²) in [5.41, 5.74) is 0. The Morgan fingerprint density at radius 2 is 2.25 bits per heavy atom. The summed E-state index contributed by atoms with van der Waals surface area (Å²) in [4.78, 5) is -0.245. The van der Waals surface area contributed by atoms with Gasteiger partial charge in [0.05, 0.1) is 0 Å². The summed E-state index contributed by atoms with van der Waals surface area (Å²) in [5.74, 6) is -0.433. The molecule has 1 fully saturated rings. The van der Waals surface area contributed by atoms with Crippen molar-refractivity contribution in [2.24, 2.45) is 5.92 Å². The Bertz CT molecular complexity index is 578. The van der Waals surface area contributed by atoms with E-state index in [-0.39, 0.29) is 10.8 Å². The van der Waals surface area contributed by atoms with E-state index in [1.54, 1.807) is 6.07 Å². The van der Waals surface area contributed by atoms with Gasteiger partial charge in [-0.2, -0.15) is 4.31 Å². The molecule has 0 amide bonds. The van der Waals surface area contributed by atoms with Gasteiger partial charge in [-0.3, -0.25) is 0 Å². The molecule has 1 N–H and O–H groups in total. The molecule has 1 unspecified atom stereocenters. The van der Waals surface area contributed by atoms with Gasteiger partial charge >= 0.3 is 0 Å². The van der Waals surface area contributed by atoms with E-state index in [1.165, 1.54) is 16.4 Å². The van der Waals surface area contributed by atoms with E-state index >= 15 is 0 Å². The lowest BCUT2D eigenvalue weighted by molar-refractivity contribution is 0.263. The molecule has 4 nitrogen and oxygen atoms in total. The van der Waals surface area contributed by atoms with E-state index in [9.17, 15) is 12.8 Å². The Labute approximate surface area is 127 Å². The lowest BCUT2D eigenvalue weighted by Crippen LogP contribution is -2.42. The zero-order valence-corrected chi connectivity index (χ0v) is 13.7. The van der Waals surface area contributed by atoms with Crippen LogP contribution in [0.5, 0.6) is 0 Å². The van der Waals surface area contributed by atoms with Crippen molar-refractivity contribution in [3.8, 4) is 0 Å². The minimum atomic E-state index is -3.75. The molecule has 0 spiro atoms. The smallest absolute Gasteiger partial charge is 0.245 e. The number of benzene rings is 1. The Morgan fingerprint density at radius 3 is 2.90 bits per heavy atom. The highest BCUT2D eigenvalue weighted by molar-refractivity contribution is 9.10. The molecule has 0 radical (unpaired) electrons. The first-order valence-corrected chi connectivity index (χ1v) is 8.78. The van der Waals surface area contributed by atoms with Gasteiger partial charge < -0.3 is 5.32 Å². The molecule has 0 aromatic heterocycles. The summed E-state index contributed by atoms with van der Waals surface area (Å²) >= 11 is 3.13. The Hall–Kier alpha value is -0.500. The first-order chi connectivity index (χ1) is 9.45. The SMILES string of the molecule is CNCC1CCCN(S(=O)(=O)c2ccc(Br)cc2F)C1. The average Bonchev–Trinajstić information content (AvgIpc) is 2.39. The fourth-order valence-corrected chi connectivity index (χ4v) is 4.46. The van der Waals surface area contributed by atoms with E-state index in [2.05, 4.69) is 21.2 Å². The van der Waals surface area contributed by atoms with Gasteiger partial charge in [-0.15, -0.1) is 0 Å². The molecule has 1 atom stereocenters. The van der Waals surface area contributed by atoms with Gasteiger partial charge in [0.25, 0.3) is 0 Å². The van der Waals surface area contributed by atoms with Crippen molar-refractivity contribution in [1.29, 1.82) is 0 Å². The van der Waals surface area contributed by atoms with Gasteiger partial charge in [0.1, 0.15) is 10.7 Å². The lowest BCUT2D eigenvalue weighted by atomic mass is 10.00. The van der Waals surface area contributed by atoms with Gasteiger partial charge in [-0.1, -0.05) is 15.9 Å². The number of hydrogen-bond acceptors (Lipinski definition) is 3. The first kappa shape index (κ1) is 15.9. The zero-order chi connectivity index (χ0) is 14.8. The Kier molecular flexibility index (Phi) is 5.17. The number of rotatable bonds is 4. The molecule has 1 aliphatic heterocycles. The number of sulfonamides is 1. The van der Waals surface area contributed by atoms with E-state index < -0.39 is 15.8 Å². The third-order valence-electron chi connectivity index (χ3n) is 3.49. The highest BCUT2D eigenvalue weighted by Gasteiger charge is 2.31. The van der Waals surface area contributed by atoms with Crippen molar-refractivity contribution >= 4 is 26.0 Å². The fraction of sp³-hybridized carbons (Fsp3) is 0.538. The van der Waals surface area contributed by atoms with Crippen LogP contribution in [-0.2, 0) is 10.0 Å². The second kappa shape index (κ2) is 6.51. The standard InChI is InChI=1S/C13H18BrFN2O2S/c1-16-8-10-3-2-6-17(9-10)20(18,19)13-5-4-11(14)7-12(13)15/h4-5,7,10,16H,2-3,6,8-9H2,1H3. The number of piperidine rings is 1. The largest absolute Gasteiger partial charge is 0.319 e. The number of nitrogens with one attached hydrogen (secondary N) is 1. The highest BCUT2D eigenvalue weighted by atomic mass is 79.9. The van der Waals surface area contributed by atoms with Crippen LogP contribution in [0.4, 0.5) is 4.39 Å². The molecule has 2 rings (SSSR count). The van der Waals surface area contributed by atoms with Crippen LogP contribution in [0.1, 0.15) is 12.8 Å². The zero-order valence-electron chi connectivity index (χ0n) is 11.3. The second-order valence-electron chi connectivity index (χ2n) is 5.00. The summed E-state index contributed by atoms with van der Waals surface area (Å²) in [6.07, 6.45) is 1.80. The average molecular weight is 365 g/mol. The van der Waals surface area contributed by atoms with Gasteiger partial charge in [-0.25, -0.2) is 12.8 Å². The summed E-state index contributed by atoms with van der Waals surface area (Å²) in [6.45, 7) is 1.67. The molecule has 0 saturated carbocycles. The molecule has 1 aromatic rings. The van der Waals surface area contributed by atoms with Crippen molar-refractivity contribution in [3.63, 3.8) is 0 Å². The van der Waals surface area contributed by atoms with Crippen molar-refractivity contribution in [2.75, 3.05) is 26.7 Å². The van der Waals surface area contributed by atoms with Crippen LogP contribution in [-0.4, -0.2) is 39.4 Å².